The highest BCUT2D eigenvalue weighted by atomic mass is 32.2. The number of aliphatic imine (C=N–C) groups is 1. The number of nitrogens with zero attached hydrogens (tertiary/aromatic N) is 5. The first kappa shape index (κ1) is 19.7. The smallest absolute Gasteiger partial charge is 0.220 e. The molecule has 1 aromatic heterocycles. The van der Waals surface area contributed by atoms with Gasteiger partial charge in [-0.15, -0.1) is 0 Å². The van der Waals surface area contributed by atoms with E-state index in [1.807, 2.05) is 0 Å². The molecule has 0 aromatic carbocycles. The molecule has 2 heterocycles. The van der Waals surface area contributed by atoms with E-state index >= 15 is 0 Å². The van der Waals surface area contributed by atoms with Crippen molar-refractivity contribution in [1.29, 1.82) is 0 Å². The Morgan fingerprint density at radius 1 is 1.40 bits per heavy atom. The molecule has 1 aromatic rings. The first-order valence-electron chi connectivity index (χ1n) is 8.47. The molecule has 1 aliphatic rings. The number of sulfonamides is 1. The van der Waals surface area contributed by atoms with Crippen LogP contribution in [-0.4, -0.2) is 93.5 Å². The van der Waals surface area contributed by atoms with Crippen LogP contribution in [0.15, 0.2) is 21.8 Å². The topological polar surface area (TPSA) is 94.3 Å². The van der Waals surface area contributed by atoms with Gasteiger partial charge >= 0.3 is 0 Å². The van der Waals surface area contributed by atoms with Gasteiger partial charge in [0.15, 0.2) is 5.96 Å². The lowest BCUT2D eigenvalue weighted by Gasteiger charge is -2.35. The maximum Gasteiger partial charge on any atom is 0.220 e. The van der Waals surface area contributed by atoms with Gasteiger partial charge < -0.3 is 19.6 Å². The fourth-order valence-electron chi connectivity index (χ4n) is 2.62. The lowest BCUT2D eigenvalue weighted by molar-refractivity contribution is 0.258. The van der Waals surface area contributed by atoms with E-state index < -0.39 is 10.0 Å². The second-order valence-corrected chi connectivity index (χ2v) is 7.97. The Morgan fingerprint density at radius 3 is 2.68 bits per heavy atom. The summed E-state index contributed by atoms with van der Waals surface area (Å²) in [5.74, 6) is 0.692. The molecule has 2 rings (SSSR count). The van der Waals surface area contributed by atoms with Gasteiger partial charge in [-0.25, -0.2) is 8.42 Å². The normalized spacial score (nSPS) is 17.3. The molecule has 0 aliphatic carbocycles. The van der Waals surface area contributed by atoms with Crippen LogP contribution in [0.5, 0.6) is 0 Å². The van der Waals surface area contributed by atoms with E-state index in [1.165, 1.54) is 10.6 Å². The van der Waals surface area contributed by atoms with Crippen LogP contribution in [0.25, 0.3) is 0 Å². The molecule has 1 fully saturated rings. The van der Waals surface area contributed by atoms with E-state index in [4.69, 9.17) is 4.52 Å². The fourth-order valence-corrected chi connectivity index (χ4v) is 4.04. The number of guanidine groups is 1. The molecule has 0 saturated carbocycles. The van der Waals surface area contributed by atoms with Gasteiger partial charge in [-0.05, 0) is 13.6 Å². The summed E-state index contributed by atoms with van der Waals surface area (Å²) in [6, 6.07) is 1.58. The zero-order valence-electron chi connectivity index (χ0n) is 15.2. The van der Waals surface area contributed by atoms with Gasteiger partial charge in [-0.2, -0.15) is 4.31 Å². The van der Waals surface area contributed by atoms with E-state index in [0.717, 1.165) is 25.6 Å². The molecule has 0 atom stereocenters. The minimum atomic E-state index is -3.38. The molecule has 1 aliphatic heterocycles. The standard InChI is InChI=1S/C15H28N6O3S/c1-4-19(3)7-6-17-15(16-2)20-8-10-21(11-9-20)25(22,23)13-14-5-12-24-18-14/h5,12H,4,6-11,13H2,1-3H3,(H,16,17). The van der Waals surface area contributed by atoms with Crippen LogP contribution in [0, 0.1) is 0 Å². The van der Waals surface area contributed by atoms with Gasteiger partial charge in [0.25, 0.3) is 0 Å². The van der Waals surface area contributed by atoms with E-state index in [9.17, 15) is 8.42 Å². The van der Waals surface area contributed by atoms with Crippen molar-refractivity contribution >= 4 is 16.0 Å². The lowest BCUT2D eigenvalue weighted by atomic mass is 10.4. The van der Waals surface area contributed by atoms with E-state index in [2.05, 4.69) is 39.2 Å². The zero-order valence-corrected chi connectivity index (χ0v) is 16.0. The van der Waals surface area contributed by atoms with Crippen LogP contribution in [0.4, 0.5) is 0 Å². The molecule has 1 saturated heterocycles. The van der Waals surface area contributed by atoms with Crippen molar-refractivity contribution in [2.75, 3.05) is 59.9 Å². The second kappa shape index (κ2) is 9.16. The van der Waals surface area contributed by atoms with Crippen molar-refractivity contribution in [3.8, 4) is 0 Å². The Kier molecular flexibility index (Phi) is 7.21. The van der Waals surface area contributed by atoms with E-state index in [-0.39, 0.29) is 5.75 Å². The predicted octanol–water partition coefficient (Wildman–Crippen LogP) is -0.351. The monoisotopic (exact) mass is 372 g/mol. The van der Waals surface area contributed by atoms with Crippen LogP contribution in [-0.2, 0) is 15.8 Å². The molecule has 0 unspecified atom stereocenters. The molecule has 0 spiro atoms. The van der Waals surface area contributed by atoms with Gasteiger partial charge in [0.1, 0.15) is 12.0 Å². The van der Waals surface area contributed by atoms with E-state index in [1.54, 1.807) is 13.1 Å². The average molecular weight is 372 g/mol. The summed E-state index contributed by atoms with van der Waals surface area (Å²) in [5.41, 5.74) is 0.431. The summed E-state index contributed by atoms with van der Waals surface area (Å²) in [7, 11) is 0.445. The first-order chi connectivity index (χ1) is 12.0. The highest BCUT2D eigenvalue weighted by Gasteiger charge is 2.28. The molecule has 0 amide bonds. The van der Waals surface area contributed by atoms with Crippen LogP contribution >= 0.6 is 0 Å². The lowest BCUT2D eigenvalue weighted by Crippen LogP contribution is -2.54. The van der Waals surface area contributed by atoms with Crippen molar-refractivity contribution in [2.45, 2.75) is 12.7 Å². The SMILES string of the molecule is CCN(C)CCNC(=NC)N1CCN(S(=O)(=O)Cc2ccon2)CC1. The Balaban J connectivity index is 1.83. The van der Waals surface area contributed by atoms with Gasteiger partial charge in [-0.1, -0.05) is 12.1 Å². The minimum Gasteiger partial charge on any atom is -0.364 e. The largest absolute Gasteiger partial charge is 0.364 e. The molecule has 0 radical (unpaired) electrons. The van der Waals surface area contributed by atoms with Crippen LogP contribution in [0.1, 0.15) is 12.6 Å². The summed E-state index contributed by atoms with van der Waals surface area (Å²) in [6.45, 7) is 6.97. The Bertz CT molecular complexity index is 638. The second-order valence-electron chi connectivity index (χ2n) is 6.00. The molecule has 10 heteroatoms. The molecule has 142 valence electrons. The van der Waals surface area contributed by atoms with Crippen molar-refractivity contribution < 1.29 is 12.9 Å². The quantitative estimate of drug-likeness (QED) is 0.516. The number of hydrogen-bond acceptors (Lipinski definition) is 6. The maximum absolute atomic E-state index is 12.5. The predicted molar refractivity (Wildman–Crippen MR) is 96.8 cm³/mol. The van der Waals surface area contributed by atoms with Gasteiger partial charge in [0.2, 0.25) is 10.0 Å². The number of piperazine rings is 1. The Morgan fingerprint density at radius 2 is 2.12 bits per heavy atom. The molecule has 0 bridgehead atoms. The summed E-state index contributed by atoms with van der Waals surface area (Å²) in [6.07, 6.45) is 1.38. The highest BCUT2D eigenvalue weighted by Crippen LogP contribution is 2.12. The Labute approximate surface area is 149 Å². The summed E-state index contributed by atoms with van der Waals surface area (Å²) in [4.78, 5) is 8.61. The van der Waals surface area contributed by atoms with E-state index in [0.29, 0.717) is 31.9 Å². The highest BCUT2D eigenvalue weighted by molar-refractivity contribution is 7.88. The van der Waals surface area contributed by atoms with Gasteiger partial charge in [-0.3, -0.25) is 4.99 Å². The summed E-state index contributed by atoms with van der Waals surface area (Å²) >= 11 is 0. The molecule has 1 N–H and O–H groups in total. The number of aromatic nitrogens is 1. The number of nitrogens with one attached hydrogen (secondary N) is 1. The minimum absolute atomic E-state index is 0.125. The van der Waals surface area contributed by atoms with Crippen LogP contribution in [0.3, 0.4) is 0 Å². The van der Waals surface area contributed by atoms with Crippen LogP contribution < -0.4 is 5.32 Å². The Hall–Kier alpha value is -1.65. The first-order valence-corrected chi connectivity index (χ1v) is 10.1. The molecular weight excluding hydrogens is 344 g/mol. The molecular formula is C15H28N6O3S. The maximum atomic E-state index is 12.5. The summed E-state index contributed by atoms with van der Waals surface area (Å²) in [5, 5.41) is 7.02. The number of likely N-dealkylation sites (N-methyl/N-ethyl adjacent to an activating group) is 1. The van der Waals surface area contributed by atoms with Crippen molar-refractivity contribution in [3.63, 3.8) is 0 Å². The summed E-state index contributed by atoms with van der Waals surface area (Å²) < 4.78 is 31.1. The third kappa shape index (κ3) is 5.68. The molecule has 25 heavy (non-hydrogen) atoms. The van der Waals surface area contributed by atoms with Crippen molar-refractivity contribution in [2.24, 2.45) is 4.99 Å². The van der Waals surface area contributed by atoms with Crippen molar-refractivity contribution in [3.05, 3.63) is 18.0 Å². The third-order valence-electron chi connectivity index (χ3n) is 4.28. The zero-order chi connectivity index (χ0) is 18.3. The number of rotatable bonds is 7. The fraction of sp³-hybridized carbons (Fsp3) is 0.733. The number of hydrogen-bond donors (Lipinski definition) is 1. The average Bonchev–Trinajstić information content (AvgIpc) is 3.11. The van der Waals surface area contributed by atoms with Crippen molar-refractivity contribution in [1.82, 2.24) is 24.6 Å². The van der Waals surface area contributed by atoms with Gasteiger partial charge in [0.05, 0.1) is 5.69 Å². The van der Waals surface area contributed by atoms with Gasteiger partial charge in [0, 0.05) is 52.4 Å². The molecule has 9 nitrogen and oxygen atoms in total. The van der Waals surface area contributed by atoms with Crippen LogP contribution in [0.2, 0.25) is 0 Å². The third-order valence-corrected chi connectivity index (χ3v) is 6.09.